The number of carbonyl (C=O) groups is 1. The molecule has 0 saturated carbocycles. The molecule has 0 bridgehead atoms. The third-order valence-corrected chi connectivity index (χ3v) is 8.39. The molecule has 1 amide bonds. The molecule has 0 radical (unpaired) electrons. The van der Waals surface area contributed by atoms with Gasteiger partial charge in [0.1, 0.15) is 0 Å². The first-order valence-electron chi connectivity index (χ1n) is 10.9. The van der Waals surface area contributed by atoms with Gasteiger partial charge in [0, 0.05) is 44.3 Å². The van der Waals surface area contributed by atoms with E-state index in [1.54, 1.807) is 11.1 Å². The van der Waals surface area contributed by atoms with Crippen molar-refractivity contribution in [2.75, 3.05) is 31.9 Å². The molecule has 2 heterocycles. The quantitative estimate of drug-likeness (QED) is 0.481. The number of nitrogens with zero attached hydrogens (tertiary/aromatic N) is 4. The number of aromatic nitrogens is 2. The number of imidazole rings is 1. The molecule has 1 fully saturated rings. The Hall–Kier alpha value is -2.62. The summed E-state index contributed by atoms with van der Waals surface area (Å²) in [7, 11) is -3.40. The summed E-state index contributed by atoms with van der Waals surface area (Å²) in [6, 6.07) is 15.5. The second kappa shape index (κ2) is 10.1. The van der Waals surface area contributed by atoms with Crippen molar-refractivity contribution in [2.24, 2.45) is 0 Å². The Kier molecular flexibility index (Phi) is 7.21. The fraction of sp³-hybridized carbons (Fsp3) is 0.333. The van der Waals surface area contributed by atoms with E-state index in [0.717, 1.165) is 16.4 Å². The zero-order chi connectivity index (χ0) is 23.4. The van der Waals surface area contributed by atoms with Crippen LogP contribution in [0.2, 0.25) is 0 Å². The molecular weight excluding hydrogens is 456 g/mol. The zero-order valence-electron chi connectivity index (χ0n) is 18.8. The Balaban J connectivity index is 1.32. The van der Waals surface area contributed by atoms with Gasteiger partial charge in [-0.3, -0.25) is 9.36 Å². The third-order valence-electron chi connectivity index (χ3n) is 5.59. The molecule has 174 valence electrons. The largest absolute Gasteiger partial charge is 0.339 e. The van der Waals surface area contributed by atoms with Crippen LogP contribution in [0.3, 0.4) is 0 Å². The molecule has 0 spiro atoms. The van der Waals surface area contributed by atoms with E-state index >= 15 is 0 Å². The van der Waals surface area contributed by atoms with Crippen molar-refractivity contribution in [3.05, 3.63) is 77.6 Å². The fourth-order valence-electron chi connectivity index (χ4n) is 3.99. The standard InChI is InChI=1S/C24H28N4O3S2/c1-19-14-20(2)16-22(15-19)28-9-8-25-24(28)32-17-23(29)26-10-12-27(13-11-26)33(30,31)18-21-6-4-3-5-7-21/h3-9,14-16H,10-13,17-18H2,1-2H3. The van der Waals surface area contributed by atoms with Crippen LogP contribution in [0.5, 0.6) is 0 Å². The van der Waals surface area contributed by atoms with E-state index in [-0.39, 0.29) is 17.4 Å². The molecular formula is C24H28N4O3S2. The maximum absolute atomic E-state index is 12.8. The summed E-state index contributed by atoms with van der Waals surface area (Å²) in [5.74, 6) is 0.243. The van der Waals surface area contributed by atoms with Crippen molar-refractivity contribution in [3.63, 3.8) is 0 Å². The highest BCUT2D eigenvalue weighted by Gasteiger charge is 2.29. The van der Waals surface area contributed by atoms with Crippen LogP contribution in [0, 0.1) is 13.8 Å². The topological polar surface area (TPSA) is 75.5 Å². The number of hydrogen-bond donors (Lipinski definition) is 0. The number of piperazine rings is 1. The van der Waals surface area contributed by atoms with Crippen LogP contribution in [0.4, 0.5) is 0 Å². The lowest BCUT2D eigenvalue weighted by Crippen LogP contribution is -2.51. The van der Waals surface area contributed by atoms with Gasteiger partial charge in [0.25, 0.3) is 0 Å². The van der Waals surface area contributed by atoms with E-state index in [1.807, 2.05) is 41.1 Å². The second-order valence-electron chi connectivity index (χ2n) is 8.24. The number of sulfonamides is 1. The fourth-order valence-corrected chi connectivity index (χ4v) is 6.38. The van der Waals surface area contributed by atoms with E-state index in [0.29, 0.717) is 26.2 Å². The molecule has 1 aromatic heterocycles. The average molecular weight is 485 g/mol. The number of amides is 1. The molecule has 1 aliphatic heterocycles. The van der Waals surface area contributed by atoms with Crippen molar-refractivity contribution < 1.29 is 13.2 Å². The summed E-state index contributed by atoms with van der Waals surface area (Å²) in [5.41, 5.74) is 4.14. The van der Waals surface area contributed by atoms with Gasteiger partial charge in [-0.25, -0.2) is 13.4 Å². The van der Waals surface area contributed by atoms with E-state index in [9.17, 15) is 13.2 Å². The normalized spacial score (nSPS) is 15.0. The highest BCUT2D eigenvalue weighted by molar-refractivity contribution is 7.99. The van der Waals surface area contributed by atoms with Gasteiger partial charge >= 0.3 is 0 Å². The van der Waals surface area contributed by atoms with Gasteiger partial charge in [0.2, 0.25) is 15.9 Å². The molecule has 1 aliphatic rings. The molecule has 0 atom stereocenters. The second-order valence-corrected chi connectivity index (χ2v) is 11.1. The Morgan fingerprint density at radius 1 is 1.00 bits per heavy atom. The van der Waals surface area contributed by atoms with Crippen molar-refractivity contribution >= 4 is 27.7 Å². The van der Waals surface area contributed by atoms with Gasteiger partial charge in [0.05, 0.1) is 11.5 Å². The molecule has 0 aliphatic carbocycles. The SMILES string of the molecule is Cc1cc(C)cc(-n2ccnc2SCC(=O)N2CCN(S(=O)(=O)Cc3ccccc3)CC2)c1. The molecule has 7 nitrogen and oxygen atoms in total. The number of benzene rings is 2. The Bertz CT molecular complexity index is 1200. The molecule has 3 aromatic rings. The van der Waals surface area contributed by atoms with Crippen LogP contribution in [0.1, 0.15) is 16.7 Å². The van der Waals surface area contributed by atoms with E-state index in [1.165, 1.54) is 27.2 Å². The number of hydrogen-bond acceptors (Lipinski definition) is 5. The smallest absolute Gasteiger partial charge is 0.233 e. The number of thioether (sulfide) groups is 1. The predicted molar refractivity (Wildman–Crippen MR) is 131 cm³/mol. The van der Waals surface area contributed by atoms with Crippen LogP contribution in [-0.2, 0) is 20.6 Å². The summed E-state index contributed by atoms with van der Waals surface area (Å²) in [4.78, 5) is 19.0. The van der Waals surface area contributed by atoms with Crippen molar-refractivity contribution in [1.82, 2.24) is 18.8 Å². The minimum absolute atomic E-state index is 0.00456. The van der Waals surface area contributed by atoms with Gasteiger partial charge in [-0.1, -0.05) is 48.2 Å². The maximum atomic E-state index is 12.8. The van der Waals surface area contributed by atoms with Crippen LogP contribution < -0.4 is 0 Å². The minimum Gasteiger partial charge on any atom is -0.339 e. The monoisotopic (exact) mass is 484 g/mol. The third kappa shape index (κ3) is 5.85. The molecule has 4 rings (SSSR count). The lowest BCUT2D eigenvalue weighted by Gasteiger charge is -2.34. The Morgan fingerprint density at radius 3 is 2.33 bits per heavy atom. The van der Waals surface area contributed by atoms with Crippen LogP contribution in [-0.4, -0.2) is 65.0 Å². The first-order valence-corrected chi connectivity index (χ1v) is 13.5. The van der Waals surface area contributed by atoms with Crippen molar-refractivity contribution in [3.8, 4) is 5.69 Å². The molecule has 9 heteroatoms. The van der Waals surface area contributed by atoms with E-state index in [2.05, 4.69) is 37.0 Å². The van der Waals surface area contributed by atoms with E-state index in [4.69, 9.17) is 0 Å². The lowest BCUT2D eigenvalue weighted by atomic mass is 10.1. The summed E-state index contributed by atoms with van der Waals surface area (Å²) >= 11 is 1.40. The molecule has 0 N–H and O–H groups in total. The molecule has 33 heavy (non-hydrogen) atoms. The number of rotatable bonds is 7. The first kappa shape index (κ1) is 23.5. The van der Waals surface area contributed by atoms with Gasteiger partial charge < -0.3 is 4.90 Å². The average Bonchev–Trinajstić information content (AvgIpc) is 3.26. The molecule has 0 unspecified atom stereocenters. The Labute approximate surface area is 199 Å². The highest BCUT2D eigenvalue weighted by atomic mass is 32.2. The lowest BCUT2D eigenvalue weighted by molar-refractivity contribution is -0.129. The minimum atomic E-state index is -3.40. The van der Waals surface area contributed by atoms with Crippen LogP contribution in [0.15, 0.2) is 66.1 Å². The van der Waals surface area contributed by atoms with Gasteiger partial charge in [-0.2, -0.15) is 4.31 Å². The zero-order valence-corrected chi connectivity index (χ0v) is 20.5. The predicted octanol–water partition coefficient (Wildman–Crippen LogP) is 3.26. The molecule has 2 aromatic carbocycles. The highest BCUT2D eigenvalue weighted by Crippen LogP contribution is 2.23. The van der Waals surface area contributed by atoms with Gasteiger partial charge in [-0.15, -0.1) is 0 Å². The van der Waals surface area contributed by atoms with Gasteiger partial charge in [-0.05, 0) is 42.7 Å². The van der Waals surface area contributed by atoms with Crippen molar-refractivity contribution in [2.45, 2.75) is 24.8 Å². The summed E-state index contributed by atoms with van der Waals surface area (Å²) in [6.07, 6.45) is 3.64. The summed E-state index contributed by atoms with van der Waals surface area (Å²) in [6.45, 7) is 5.57. The van der Waals surface area contributed by atoms with Crippen LogP contribution in [0.25, 0.3) is 5.69 Å². The Morgan fingerprint density at radius 2 is 1.67 bits per heavy atom. The van der Waals surface area contributed by atoms with Crippen molar-refractivity contribution in [1.29, 1.82) is 0 Å². The number of carbonyl (C=O) groups excluding carboxylic acids is 1. The summed E-state index contributed by atoms with van der Waals surface area (Å²) < 4.78 is 29.0. The molecule has 1 saturated heterocycles. The van der Waals surface area contributed by atoms with Gasteiger partial charge in [0.15, 0.2) is 5.16 Å². The maximum Gasteiger partial charge on any atom is 0.233 e. The number of aryl methyl sites for hydroxylation is 2. The summed E-state index contributed by atoms with van der Waals surface area (Å²) in [5, 5.41) is 0.762. The van der Waals surface area contributed by atoms with E-state index < -0.39 is 10.0 Å². The van der Waals surface area contributed by atoms with Crippen LogP contribution >= 0.6 is 11.8 Å². The first-order chi connectivity index (χ1) is 15.8.